The van der Waals surface area contributed by atoms with E-state index in [1.165, 1.54) is 20.0 Å². The van der Waals surface area contributed by atoms with Crippen molar-refractivity contribution in [3.8, 4) is 5.75 Å². The fourth-order valence-corrected chi connectivity index (χ4v) is 8.02. The van der Waals surface area contributed by atoms with Gasteiger partial charge in [0.25, 0.3) is 5.91 Å². The van der Waals surface area contributed by atoms with Crippen LogP contribution in [0, 0.1) is 17.8 Å². The van der Waals surface area contributed by atoms with Crippen LogP contribution in [0.25, 0.3) is 0 Å². The van der Waals surface area contributed by atoms with Gasteiger partial charge in [-0.1, -0.05) is 26.7 Å². The number of rotatable bonds is 4. The van der Waals surface area contributed by atoms with Crippen LogP contribution in [0.4, 0.5) is 0 Å². The number of ether oxygens (including phenoxy) is 1. The lowest BCUT2D eigenvalue weighted by atomic mass is 9.85. The van der Waals surface area contributed by atoms with Crippen LogP contribution in [-0.4, -0.2) is 55.8 Å². The number of piperidine rings is 1. The van der Waals surface area contributed by atoms with Gasteiger partial charge in [-0.2, -0.15) is 4.31 Å². The summed E-state index contributed by atoms with van der Waals surface area (Å²) in [6.45, 7) is 7.30. The molecule has 2 aliphatic heterocycles. The quantitative estimate of drug-likeness (QED) is 0.694. The molecular formula is C24H36N2O4S. The van der Waals surface area contributed by atoms with Crippen LogP contribution in [0.15, 0.2) is 23.1 Å². The number of carbonyl (C=O) groups is 1. The number of fused-ring (bicyclic) bond motifs is 1. The lowest BCUT2D eigenvalue weighted by Gasteiger charge is -2.35. The highest BCUT2D eigenvalue weighted by Gasteiger charge is 2.43. The van der Waals surface area contributed by atoms with Gasteiger partial charge < -0.3 is 9.64 Å². The summed E-state index contributed by atoms with van der Waals surface area (Å²) in [7, 11) is -2.27. The van der Waals surface area contributed by atoms with E-state index in [0.29, 0.717) is 42.2 Å². The maximum atomic E-state index is 13.6. The first kappa shape index (κ1) is 22.6. The molecule has 0 aromatic heterocycles. The first-order valence-corrected chi connectivity index (χ1v) is 13.2. The number of methoxy groups -OCH3 is 1. The van der Waals surface area contributed by atoms with Crippen molar-refractivity contribution in [2.75, 3.05) is 20.2 Å². The molecule has 5 atom stereocenters. The van der Waals surface area contributed by atoms with E-state index >= 15 is 0 Å². The Balaban J connectivity index is 1.67. The summed E-state index contributed by atoms with van der Waals surface area (Å²) in [6, 6.07) is 5.36. The predicted octanol–water partition coefficient (Wildman–Crippen LogP) is 4.16. The van der Waals surface area contributed by atoms with Gasteiger partial charge in [0, 0.05) is 30.7 Å². The first-order valence-electron chi connectivity index (χ1n) is 11.7. The molecule has 1 saturated carbocycles. The van der Waals surface area contributed by atoms with Crippen molar-refractivity contribution in [2.45, 2.75) is 76.3 Å². The third kappa shape index (κ3) is 4.23. The summed E-state index contributed by atoms with van der Waals surface area (Å²) in [6.07, 6.45) is 6.70. The van der Waals surface area contributed by atoms with Crippen molar-refractivity contribution < 1.29 is 17.9 Å². The maximum absolute atomic E-state index is 13.6. The zero-order chi connectivity index (χ0) is 22.3. The van der Waals surface area contributed by atoms with Crippen LogP contribution in [0.3, 0.4) is 0 Å². The van der Waals surface area contributed by atoms with Gasteiger partial charge in [-0.3, -0.25) is 4.79 Å². The Kier molecular flexibility index (Phi) is 6.37. The zero-order valence-electron chi connectivity index (χ0n) is 19.2. The molecule has 5 unspecified atom stereocenters. The molecule has 3 aliphatic rings. The molecule has 1 aromatic rings. The largest absolute Gasteiger partial charge is 0.495 e. The average molecular weight is 449 g/mol. The summed E-state index contributed by atoms with van der Waals surface area (Å²) >= 11 is 0. The molecule has 0 radical (unpaired) electrons. The molecule has 172 valence electrons. The van der Waals surface area contributed by atoms with Gasteiger partial charge in [-0.25, -0.2) is 8.42 Å². The molecule has 0 bridgehead atoms. The molecule has 1 aromatic carbocycles. The second kappa shape index (κ2) is 8.74. The lowest BCUT2D eigenvalue weighted by molar-refractivity contribution is 0.0633. The van der Waals surface area contributed by atoms with Gasteiger partial charge in [0.1, 0.15) is 10.6 Å². The van der Waals surface area contributed by atoms with Gasteiger partial charge in [0.2, 0.25) is 10.0 Å². The maximum Gasteiger partial charge on any atom is 0.254 e. The topological polar surface area (TPSA) is 66.9 Å². The van der Waals surface area contributed by atoms with E-state index in [-0.39, 0.29) is 22.9 Å². The normalized spacial score (nSPS) is 32.0. The van der Waals surface area contributed by atoms with Gasteiger partial charge >= 0.3 is 0 Å². The number of nitrogens with zero attached hydrogens (tertiary/aromatic N) is 2. The monoisotopic (exact) mass is 448 g/mol. The fraction of sp³-hybridized carbons (Fsp3) is 0.708. The molecule has 2 heterocycles. The van der Waals surface area contributed by atoms with Gasteiger partial charge in [0.05, 0.1) is 7.11 Å². The predicted molar refractivity (Wildman–Crippen MR) is 121 cm³/mol. The standard InChI is InChI=1S/C24H36N2O4S/c1-16-11-17(2)15-25(14-16)31(28,29)23-13-20(9-10-22(23)30-4)24(27)26-18(3)12-19-7-5-6-8-21(19)26/h9-10,13,16-19,21H,5-8,11-12,14-15H2,1-4H3. The first-order chi connectivity index (χ1) is 14.7. The number of amides is 1. The van der Waals surface area contributed by atoms with Crippen molar-refractivity contribution in [3.63, 3.8) is 0 Å². The molecule has 0 N–H and O–H groups in total. The minimum Gasteiger partial charge on any atom is -0.495 e. The van der Waals surface area contributed by atoms with Crippen molar-refractivity contribution in [1.29, 1.82) is 0 Å². The number of hydrogen-bond donors (Lipinski definition) is 0. The van der Waals surface area contributed by atoms with Crippen LogP contribution in [0.1, 0.15) is 69.7 Å². The summed E-state index contributed by atoms with van der Waals surface area (Å²) in [5.74, 6) is 1.44. The summed E-state index contributed by atoms with van der Waals surface area (Å²) in [5, 5.41) is 0. The van der Waals surface area contributed by atoms with E-state index in [2.05, 4.69) is 20.8 Å². The number of benzene rings is 1. The highest BCUT2D eigenvalue weighted by atomic mass is 32.2. The Morgan fingerprint density at radius 1 is 1.03 bits per heavy atom. The molecule has 6 nitrogen and oxygen atoms in total. The van der Waals surface area contributed by atoms with E-state index < -0.39 is 10.0 Å². The number of sulfonamides is 1. The molecule has 1 aliphatic carbocycles. The summed E-state index contributed by atoms with van der Waals surface area (Å²) < 4.78 is 34.1. The number of likely N-dealkylation sites (tertiary alicyclic amines) is 1. The van der Waals surface area contributed by atoms with Crippen LogP contribution >= 0.6 is 0 Å². The van der Waals surface area contributed by atoms with Crippen molar-refractivity contribution in [2.24, 2.45) is 17.8 Å². The number of carbonyl (C=O) groups excluding carboxylic acids is 1. The number of hydrogen-bond acceptors (Lipinski definition) is 4. The molecule has 2 saturated heterocycles. The van der Waals surface area contributed by atoms with Crippen LogP contribution in [0.2, 0.25) is 0 Å². The van der Waals surface area contributed by atoms with Gasteiger partial charge in [0.15, 0.2) is 0 Å². The second-order valence-corrected chi connectivity index (χ2v) is 11.9. The Labute approximate surface area is 187 Å². The van der Waals surface area contributed by atoms with Gasteiger partial charge in [-0.05, 0) is 68.6 Å². The van der Waals surface area contributed by atoms with E-state index in [4.69, 9.17) is 4.74 Å². The van der Waals surface area contributed by atoms with Crippen molar-refractivity contribution >= 4 is 15.9 Å². The molecule has 7 heteroatoms. The van der Waals surface area contributed by atoms with E-state index in [1.807, 2.05) is 4.90 Å². The lowest BCUT2D eigenvalue weighted by Crippen LogP contribution is -2.43. The minimum atomic E-state index is -3.75. The molecule has 3 fully saturated rings. The van der Waals surface area contributed by atoms with E-state index in [0.717, 1.165) is 25.7 Å². The highest BCUT2D eigenvalue weighted by molar-refractivity contribution is 7.89. The van der Waals surface area contributed by atoms with Crippen molar-refractivity contribution in [1.82, 2.24) is 9.21 Å². The Morgan fingerprint density at radius 2 is 1.71 bits per heavy atom. The van der Waals surface area contributed by atoms with Crippen LogP contribution in [-0.2, 0) is 10.0 Å². The highest BCUT2D eigenvalue weighted by Crippen LogP contribution is 2.41. The molecular weight excluding hydrogens is 412 g/mol. The molecule has 0 spiro atoms. The van der Waals surface area contributed by atoms with Crippen molar-refractivity contribution in [3.05, 3.63) is 23.8 Å². The third-order valence-electron chi connectivity index (χ3n) is 7.44. The van der Waals surface area contributed by atoms with Crippen LogP contribution in [0.5, 0.6) is 5.75 Å². The van der Waals surface area contributed by atoms with Crippen LogP contribution < -0.4 is 4.74 Å². The Bertz CT molecular complexity index is 922. The second-order valence-electron chi connectivity index (χ2n) is 10.0. The van der Waals surface area contributed by atoms with Gasteiger partial charge in [-0.15, -0.1) is 0 Å². The zero-order valence-corrected chi connectivity index (χ0v) is 20.0. The molecule has 4 rings (SSSR count). The van der Waals surface area contributed by atoms with E-state index in [1.54, 1.807) is 22.5 Å². The SMILES string of the molecule is COc1ccc(C(=O)N2C(C)CC3CCCCC32)cc1S(=O)(=O)N1CC(C)CC(C)C1. The minimum absolute atomic E-state index is 0.0543. The Hall–Kier alpha value is -1.60. The average Bonchev–Trinajstić information content (AvgIpc) is 3.07. The Morgan fingerprint density at radius 3 is 2.39 bits per heavy atom. The summed E-state index contributed by atoms with van der Waals surface area (Å²) in [4.78, 5) is 15.7. The molecule has 31 heavy (non-hydrogen) atoms. The summed E-state index contributed by atoms with van der Waals surface area (Å²) in [5.41, 5.74) is 0.440. The third-order valence-corrected chi connectivity index (χ3v) is 9.30. The fourth-order valence-electron chi connectivity index (χ4n) is 6.16. The smallest absolute Gasteiger partial charge is 0.254 e. The molecule has 1 amide bonds. The van der Waals surface area contributed by atoms with E-state index in [9.17, 15) is 13.2 Å².